The molecule has 1 saturated heterocycles. The maximum Gasteiger partial charge on any atom is 0.414 e. The molecule has 0 spiro atoms. The van der Waals surface area contributed by atoms with Gasteiger partial charge in [-0.1, -0.05) is 25.5 Å². The molecule has 3 atom stereocenters. The Hall–Kier alpha value is -2.91. The van der Waals surface area contributed by atoms with E-state index in [0.717, 1.165) is 25.9 Å². The third-order valence-electron chi connectivity index (χ3n) is 6.32. The lowest BCUT2D eigenvalue weighted by Gasteiger charge is -2.46. The van der Waals surface area contributed by atoms with Crippen LogP contribution in [0.3, 0.4) is 0 Å². The van der Waals surface area contributed by atoms with Gasteiger partial charge in [0.2, 0.25) is 5.91 Å². The number of hydrogen-bond donors (Lipinski definition) is 4. The number of ether oxygens (including phenoxy) is 1. The number of nitrogens with one attached hydrogen (secondary N) is 2. The van der Waals surface area contributed by atoms with Gasteiger partial charge in [0.15, 0.2) is 0 Å². The molecule has 1 aliphatic carbocycles. The van der Waals surface area contributed by atoms with E-state index >= 15 is 0 Å². The van der Waals surface area contributed by atoms with E-state index in [1.54, 1.807) is 7.11 Å². The monoisotopic (exact) mass is 445 g/mol. The van der Waals surface area contributed by atoms with Crippen LogP contribution in [0.15, 0.2) is 24.4 Å². The molecule has 2 aliphatic rings. The predicted molar refractivity (Wildman–Crippen MR) is 118 cm³/mol. The van der Waals surface area contributed by atoms with Gasteiger partial charge in [-0.25, -0.2) is 9.59 Å². The van der Waals surface area contributed by atoms with Gasteiger partial charge in [0, 0.05) is 42.7 Å². The fourth-order valence-corrected chi connectivity index (χ4v) is 4.89. The largest absolute Gasteiger partial charge is 0.473 e. The molecule has 4 N–H and O–H groups in total. The summed E-state index contributed by atoms with van der Waals surface area (Å²) in [5.41, 5.74) is 4.07. The third-order valence-corrected chi connectivity index (χ3v) is 6.32. The van der Waals surface area contributed by atoms with E-state index in [1.165, 1.54) is 34.9 Å². The highest BCUT2D eigenvalue weighted by molar-refractivity contribution is 6.27. The van der Waals surface area contributed by atoms with Crippen molar-refractivity contribution in [2.75, 3.05) is 26.9 Å². The van der Waals surface area contributed by atoms with Gasteiger partial charge in [0.25, 0.3) is 0 Å². The van der Waals surface area contributed by atoms with E-state index in [-0.39, 0.29) is 18.6 Å². The first-order valence-corrected chi connectivity index (χ1v) is 10.9. The number of hydrogen-bond acceptors (Lipinski definition) is 5. The van der Waals surface area contributed by atoms with Crippen LogP contribution in [0.5, 0.6) is 0 Å². The molecule has 1 amide bonds. The molecule has 1 unspecified atom stereocenters. The van der Waals surface area contributed by atoms with E-state index < -0.39 is 11.9 Å². The number of benzene rings is 1. The Morgan fingerprint density at radius 1 is 1.25 bits per heavy atom. The number of carbonyl (C=O) groups excluding carboxylic acids is 1. The summed E-state index contributed by atoms with van der Waals surface area (Å²) < 4.78 is 5.03. The van der Waals surface area contributed by atoms with Gasteiger partial charge in [-0.3, -0.25) is 9.69 Å². The van der Waals surface area contributed by atoms with Crippen LogP contribution in [0.4, 0.5) is 0 Å². The second-order valence-corrected chi connectivity index (χ2v) is 8.33. The number of rotatable bonds is 6. The van der Waals surface area contributed by atoms with Gasteiger partial charge >= 0.3 is 11.9 Å². The lowest BCUT2D eigenvalue weighted by molar-refractivity contribution is -0.159. The Balaban J connectivity index is 0.000000427. The second kappa shape index (κ2) is 10.6. The molecule has 2 aromatic rings. The summed E-state index contributed by atoms with van der Waals surface area (Å²) in [5.74, 6) is -3.08. The molecule has 1 aliphatic heterocycles. The van der Waals surface area contributed by atoms with Crippen LogP contribution >= 0.6 is 0 Å². The Morgan fingerprint density at radius 3 is 2.66 bits per heavy atom. The van der Waals surface area contributed by atoms with E-state index in [2.05, 4.69) is 46.5 Å². The van der Waals surface area contributed by atoms with Gasteiger partial charge in [-0.05, 0) is 43.0 Å². The lowest BCUT2D eigenvalue weighted by Crippen LogP contribution is -2.53. The summed E-state index contributed by atoms with van der Waals surface area (Å²) in [6.07, 6.45) is 6.55. The topological polar surface area (TPSA) is 132 Å². The number of carboxylic acids is 2. The molecule has 1 aromatic carbocycles. The Morgan fingerprint density at radius 2 is 2.00 bits per heavy atom. The average Bonchev–Trinajstić information content (AvgIpc) is 3.20. The van der Waals surface area contributed by atoms with Crippen LogP contribution < -0.4 is 5.32 Å². The minimum Gasteiger partial charge on any atom is -0.473 e. The summed E-state index contributed by atoms with van der Waals surface area (Å²) in [4.78, 5) is 36.9. The summed E-state index contributed by atoms with van der Waals surface area (Å²) in [5, 5.41) is 19.1. The fourth-order valence-electron chi connectivity index (χ4n) is 4.89. The minimum absolute atomic E-state index is 0.0269. The maximum atomic E-state index is 12.7. The number of aromatic nitrogens is 1. The highest BCUT2D eigenvalue weighted by Crippen LogP contribution is 2.44. The van der Waals surface area contributed by atoms with Gasteiger partial charge in [-0.15, -0.1) is 0 Å². The zero-order chi connectivity index (χ0) is 23.3. The summed E-state index contributed by atoms with van der Waals surface area (Å²) >= 11 is 0. The molecule has 174 valence electrons. The highest BCUT2D eigenvalue weighted by atomic mass is 16.5. The molecule has 9 heteroatoms. The molecule has 0 saturated carbocycles. The molecule has 4 rings (SSSR count). The van der Waals surface area contributed by atoms with Gasteiger partial charge in [-0.2, -0.15) is 0 Å². The number of fused-ring (bicyclic) bond motifs is 2. The van der Waals surface area contributed by atoms with E-state index in [9.17, 15) is 4.79 Å². The SMILES string of the molecule is CCCCN1CC(C(=O)NCOC)C[C@@H]2c3cccc4[nH]cc(c34)C[C@H]21.O=C(O)C(=O)O. The Bertz CT molecular complexity index is 960. The maximum absolute atomic E-state index is 12.7. The molecular weight excluding hydrogens is 414 g/mol. The number of nitrogens with zero attached hydrogens (tertiary/aromatic N) is 1. The van der Waals surface area contributed by atoms with E-state index in [1.807, 2.05) is 0 Å². The zero-order valence-corrected chi connectivity index (χ0v) is 18.5. The number of piperidine rings is 1. The number of unbranched alkanes of at least 4 members (excludes halogenated alkanes) is 1. The molecule has 1 aromatic heterocycles. The van der Waals surface area contributed by atoms with Crippen molar-refractivity contribution in [1.29, 1.82) is 0 Å². The standard InChI is InChI=1S/C21H29N3O2.C2H2O4/c1-3-4-8-24-12-15(21(25)23-13-26-2)9-17-16-6-5-7-18-20(16)14(11-22-18)10-19(17)24;3-1(4)2(5)6/h5-7,11,15,17,19,22H,3-4,8-10,12-13H2,1-2H3,(H,23,25);(H,3,4)(H,5,6)/t15?,17-,19-;/m1./s1. The van der Waals surface area contributed by atoms with Crippen LogP contribution in [-0.2, 0) is 25.5 Å². The van der Waals surface area contributed by atoms with Crippen molar-refractivity contribution in [3.63, 3.8) is 0 Å². The number of methoxy groups -OCH3 is 1. The van der Waals surface area contributed by atoms with Crippen molar-refractivity contribution in [3.8, 4) is 0 Å². The number of carbonyl (C=O) groups is 3. The molecule has 0 bridgehead atoms. The van der Waals surface area contributed by atoms with Crippen LogP contribution in [0, 0.1) is 5.92 Å². The van der Waals surface area contributed by atoms with E-state index in [4.69, 9.17) is 24.5 Å². The predicted octanol–water partition coefficient (Wildman–Crippen LogP) is 2.17. The van der Waals surface area contributed by atoms with Crippen molar-refractivity contribution >= 4 is 28.7 Å². The second-order valence-electron chi connectivity index (χ2n) is 8.33. The van der Waals surface area contributed by atoms with Crippen molar-refractivity contribution in [1.82, 2.24) is 15.2 Å². The quantitative estimate of drug-likeness (QED) is 0.396. The number of likely N-dealkylation sites (tertiary alicyclic amines) is 1. The molecule has 2 heterocycles. The van der Waals surface area contributed by atoms with Crippen molar-refractivity contribution in [2.24, 2.45) is 5.92 Å². The normalized spacial score (nSPS) is 21.9. The number of aliphatic carboxylic acids is 2. The smallest absolute Gasteiger partial charge is 0.414 e. The molecule has 0 radical (unpaired) electrons. The summed E-state index contributed by atoms with van der Waals surface area (Å²) in [7, 11) is 1.61. The van der Waals surface area contributed by atoms with Gasteiger partial charge < -0.3 is 25.3 Å². The lowest BCUT2D eigenvalue weighted by atomic mass is 9.72. The number of amides is 1. The van der Waals surface area contributed by atoms with Crippen LogP contribution in [0.2, 0.25) is 0 Å². The summed E-state index contributed by atoms with van der Waals surface area (Å²) in [6, 6.07) is 7.07. The van der Waals surface area contributed by atoms with Crippen molar-refractivity contribution in [2.45, 2.75) is 44.6 Å². The average molecular weight is 446 g/mol. The molecule has 32 heavy (non-hydrogen) atoms. The Labute approximate surface area is 186 Å². The first-order chi connectivity index (χ1) is 15.4. The fraction of sp³-hybridized carbons (Fsp3) is 0.522. The van der Waals surface area contributed by atoms with Gasteiger partial charge in [0.1, 0.15) is 6.73 Å². The number of aromatic amines is 1. The van der Waals surface area contributed by atoms with Gasteiger partial charge in [0.05, 0.1) is 5.92 Å². The first kappa shape index (κ1) is 23.7. The number of carboxylic acid groups (broad SMARTS) is 2. The van der Waals surface area contributed by atoms with Crippen LogP contribution in [0.25, 0.3) is 10.9 Å². The van der Waals surface area contributed by atoms with Crippen LogP contribution in [0.1, 0.15) is 43.2 Å². The number of H-pyrrole nitrogens is 1. The van der Waals surface area contributed by atoms with Crippen LogP contribution in [-0.4, -0.2) is 70.9 Å². The highest BCUT2D eigenvalue weighted by Gasteiger charge is 2.42. The Kier molecular flexibility index (Phi) is 7.87. The molecular formula is C23H31N3O6. The zero-order valence-electron chi connectivity index (χ0n) is 18.5. The summed E-state index contributed by atoms with van der Waals surface area (Å²) in [6.45, 7) is 4.44. The minimum atomic E-state index is -1.82. The van der Waals surface area contributed by atoms with Crippen molar-refractivity contribution < 1.29 is 29.3 Å². The third kappa shape index (κ3) is 5.11. The molecule has 9 nitrogen and oxygen atoms in total. The van der Waals surface area contributed by atoms with Crippen molar-refractivity contribution in [3.05, 3.63) is 35.5 Å². The van der Waals surface area contributed by atoms with E-state index in [0.29, 0.717) is 12.0 Å². The molecule has 1 fully saturated rings. The first-order valence-electron chi connectivity index (χ1n) is 10.9.